The molecule has 0 aromatic carbocycles. The van der Waals surface area contributed by atoms with Crippen molar-refractivity contribution in [2.24, 2.45) is 0 Å². The van der Waals surface area contributed by atoms with Gasteiger partial charge in [0, 0.05) is 19.3 Å². The van der Waals surface area contributed by atoms with Crippen molar-refractivity contribution in [2.75, 3.05) is 13.2 Å². The van der Waals surface area contributed by atoms with Gasteiger partial charge >= 0.3 is 17.9 Å². The Balaban J connectivity index is 4.26. The lowest BCUT2D eigenvalue weighted by Crippen LogP contribution is -2.30. The molecule has 0 aromatic rings. The molecule has 1 atom stereocenters. The van der Waals surface area contributed by atoms with Crippen LogP contribution in [0.3, 0.4) is 0 Å². The van der Waals surface area contributed by atoms with Crippen molar-refractivity contribution in [3.63, 3.8) is 0 Å². The highest BCUT2D eigenvalue weighted by Crippen LogP contribution is 2.16. The molecule has 0 saturated carbocycles. The standard InChI is InChI=1S/C54H100O6/c1-4-7-10-13-16-19-21-23-25-26-27-28-29-31-32-35-38-41-44-47-53(56)59-50-51(49-58-52(55)46-43-40-37-34-18-15-12-9-6-3)60-54(57)48-45-42-39-36-33-30-24-22-20-17-14-11-8-5-2/h16,19,23,25,51H,4-15,17-18,20-22,24,26-50H2,1-3H3/b19-16-,25-23-/t51-/m1/s1. The van der Waals surface area contributed by atoms with Crippen LogP contribution < -0.4 is 0 Å². The van der Waals surface area contributed by atoms with Crippen molar-refractivity contribution >= 4 is 17.9 Å². The lowest BCUT2D eigenvalue weighted by atomic mass is 10.0. The van der Waals surface area contributed by atoms with Crippen LogP contribution in [0.4, 0.5) is 0 Å². The van der Waals surface area contributed by atoms with Gasteiger partial charge in [-0.15, -0.1) is 0 Å². The summed E-state index contributed by atoms with van der Waals surface area (Å²) in [6.45, 7) is 6.62. The average molecular weight is 845 g/mol. The Hall–Kier alpha value is -2.11. The molecule has 0 unspecified atom stereocenters. The van der Waals surface area contributed by atoms with Crippen molar-refractivity contribution in [3.05, 3.63) is 24.3 Å². The second-order valence-electron chi connectivity index (χ2n) is 17.8. The first kappa shape index (κ1) is 57.9. The highest BCUT2D eigenvalue weighted by molar-refractivity contribution is 5.71. The molecule has 0 heterocycles. The van der Waals surface area contributed by atoms with Crippen LogP contribution in [0.25, 0.3) is 0 Å². The minimum atomic E-state index is -0.765. The Morgan fingerprint density at radius 1 is 0.333 bits per heavy atom. The summed E-state index contributed by atoms with van der Waals surface area (Å²) in [6, 6.07) is 0. The Morgan fingerprint density at radius 2 is 0.600 bits per heavy atom. The van der Waals surface area contributed by atoms with Crippen molar-refractivity contribution in [1.82, 2.24) is 0 Å². The fourth-order valence-corrected chi connectivity index (χ4v) is 7.71. The van der Waals surface area contributed by atoms with Gasteiger partial charge in [0.25, 0.3) is 0 Å². The summed E-state index contributed by atoms with van der Waals surface area (Å²) < 4.78 is 16.8. The molecule has 0 aliphatic carbocycles. The normalized spacial score (nSPS) is 12.1. The third kappa shape index (κ3) is 46.9. The van der Waals surface area contributed by atoms with Crippen LogP contribution in [0, 0.1) is 0 Å². The van der Waals surface area contributed by atoms with E-state index in [0.717, 1.165) is 64.2 Å². The monoisotopic (exact) mass is 845 g/mol. The molecule has 0 aliphatic rings. The second-order valence-corrected chi connectivity index (χ2v) is 17.8. The number of carbonyl (C=O) groups is 3. The Kier molecular flexibility index (Phi) is 47.8. The zero-order chi connectivity index (χ0) is 43.7. The van der Waals surface area contributed by atoms with E-state index in [-0.39, 0.29) is 31.1 Å². The highest BCUT2D eigenvalue weighted by atomic mass is 16.6. The van der Waals surface area contributed by atoms with E-state index in [1.807, 2.05) is 0 Å². The predicted octanol–water partition coefficient (Wildman–Crippen LogP) is 17.2. The first-order chi connectivity index (χ1) is 29.5. The maximum atomic E-state index is 12.8. The summed E-state index contributed by atoms with van der Waals surface area (Å²) in [5, 5.41) is 0. The minimum Gasteiger partial charge on any atom is -0.462 e. The fourth-order valence-electron chi connectivity index (χ4n) is 7.71. The van der Waals surface area contributed by atoms with Crippen LogP contribution in [0.2, 0.25) is 0 Å². The van der Waals surface area contributed by atoms with Gasteiger partial charge in [0.1, 0.15) is 13.2 Å². The van der Waals surface area contributed by atoms with Crippen LogP contribution in [0.15, 0.2) is 24.3 Å². The molecule has 0 fully saturated rings. The van der Waals surface area contributed by atoms with E-state index >= 15 is 0 Å². The Morgan fingerprint density at radius 3 is 0.950 bits per heavy atom. The number of carbonyl (C=O) groups excluding carboxylic acids is 3. The third-order valence-electron chi connectivity index (χ3n) is 11.7. The molecule has 0 rings (SSSR count). The maximum absolute atomic E-state index is 12.8. The zero-order valence-corrected chi connectivity index (χ0v) is 40.2. The molecule has 0 aromatic heterocycles. The lowest BCUT2D eigenvalue weighted by Gasteiger charge is -2.18. The Bertz CT molecular complexity index is 973. The van der Waals surface area contributed by atoms with E-state index in [1.165, 1.54) is 180 Å². The molecule has 0 amide bonds. The van der Waals surface area contributed by atoms with Crippen molar-refractivity contribution < 1.29 is 28.6 Å². The number of hydrogen-bond donors (Lipinski definition) is 0. The van der Waals surface area contributed by atoms with Gasteiger partial charge in [0.05, 0.1) is 0 Å². The first-order valence-corrected chi connectivity index (χ1v) is 26.3. The van der Waals surface area contributed by atoms with Crippen LogP contribution in [-0.4, -0.2) is 37.2 Å². The second kappa shape index (κ2) is 49.5. The van der Waals surface area contributed by atoms with E-state index in [1.54, 1.807) is 0 Å². The molecule has 0 radical (unpaired) electrons. The zero-order valence-electron chi connectivity index (χ0n) is 40.2. The van der Waals surface area contributed by atoms with E-state index in [2.05, 4.69) is 45.1 Å². The molecule has 0 aliphatic heterocycles. The molecule has 60 heavy (non-hydrogen) atoms. The molecule has 0 saturated heterocycles. The number of hydrogen-bond acceptors (Lipinski definition) is 6. The van der Waals surface area contributed by atoms with Crippen LogP contribution in [0.1, 0.15) is 284 Å². The number of ether oxygens (including phenoxy) is 3. The Labute approximate surface area is 373 Å². The van der Waals surface area contributed by atoms with Crippen LogP contribution >= 0.6 is 0 Å². The quantitative estimate of drug-likeness (QED) is 0.0263. The smallest absolute Gasteiger partial charge is 0.306 e. The van der Waals surface area contributed by atoms with Crippen molar-refractivity contribution in [2.45, 2.75) is 290 Å². The maximum Gasteiger partial charge on any atom is 0.306 e. The molecular weight excluding hydrogens is 745 g/mol. The third-order valence-corrected chi connectivity index (χ3v) is 11.7. The summed E-state index contributed by atoms with van der Waals surface area (Å²) >= 11 is 0. The summed E-state index contributed by atoms with van der Waals surface area (Å²) in [7, 11) is 0. The van der Waals surface area contributed by atoms with Gasteiger partial charge < -0.3 is 14.2 Å². The largest absolute Gasteiger partial charge is 0.462 e. The predicted molar refractivity (Wildman–Crippen MR) is 256 cm³/mol. The number of allylic oxidation sites excluding steroid dienone is 4. The van der Waals surface area contributed by atoms with Gasteiger partial charge in [0.15, 0.2) is 6.10 Å². The van der Waals surface area contributed by atoms with E-state index in [4.69, 9.17) is 14.2 Å². The first-order valence-electron chi connectivity index (χ1n) is 26.3. The number of rotatable bonds is 48. The van der Waals surface area contributed by atoms with Gasteiger partial charge in [-0.05, 0) is 51.4 Å². The van der Waals surface area contributed by atoms with Crippen LogP contribution in [0.5, 0.6) is 0 Å². The number of unbranched alkanes of at least 4 members (excludes halogenated alkanes) is 33. The molecule has 0 bridgehead atoms. The molecule has 352 valence electrons. The fraction of sp³-hybridized carbons (Fsp3) is 0.870. The molecular formula is C54H100O6. The lowest BCUT2D eigenvalue weighted by molar-refractivity contribution is -0.167. The van der Waals surface area contributed by atoms with Gasteiger partial charge in [0.2, 0.25) is 0 Å². The van der Waals surface area contributed by atoms with Gasteiger partial charge in [-0.2, -0.15) is 0 Å². The summed E-state index contributed by atoms with van der Waals surface area (Å²) in [5.74, 6) is -0.860. The number of esters is 3. The minimum absolute atomic E-state index is 0.0679. The van der Waals surface area contributed by atoms with E-state index < -0.39 is 6.10 Å². The highest BCUT2D eigenvalue weighted by Gasteiger charge is 2.19. The average Bonchev–Trinajstić information content (AvgIpc) is 3.24. The van der Waals surface area contributed by atoms with Crippen molar-refractivity contribution in [1.29, 1.82) is 0 Å². The summed E-state index contributed by atoms with van der Waals surface area (Å²) in [4.78, 5) is 37.9. The van der Waals surface area contributed by atoms with E-state index in [0.29, 0.717) is 19.3 Å². The molecule has 6 nitrogen and oxygen atoms in total. The molecule has 6 heteroatoms. The molecule has 0 N–H and O–H groups in total. The molecule has 0 spiro atoms. The van der Waals surface area contributed by atoms with Crippen LogP contribution in [-0.2, 0) is 28.6 Å². The van der Waals surface area contributed by atoms with Crippen molar-refractivity contribution in [3.8, 4) is 0 Å². The van der Waals surface area contributed by atoms with E-state index in [9.17, 15) is 14.4 Å². The SMILES string of the molecule is CCCCC/C=C\C/C=C\CCCCCCCCCCCC(=O)OC[C@@H](COC(=O)CCCCCCCCCCC)OC(=O)CCCCCCCCCCCCCCCC. The van der Waals surface area contributed by atoms with Gasteiger partial charge in [-0.3, -0.25) is 14.4 Å². The van der Waals surface area contributed by atoms with Gasteiger partial charge in [-0.1, -0.05) is 238 Å². The summed E-state index contributed by atoms with van der Waals surface area (Å²) in [6.07, 6.45) is 55.9. The van der Waals surface area contributed by atoms with Gasteiger partial charge in [-0.25, -0.2) is 0 Å². The summed E-state index contributed by atoms with van der Waals surface area (Å²) in [5.41, 5.74) is 0. The topological polar surface area (TPSA) is 78.9 Å².